The summed E-state index contributed by atoms with van der Waals surface area (Å²) < 4.78 is 15.3. The average Bonchev–Trinajstić information content (AvgIpc) is 3.04. The highest BCUT2D eigenvalue weighted by Gasteiger charge is 2.35. The predicted octanol–water partition coefficient (Wildman–Crippen LogP) is 1.54. The topological polar surface area (TPSA) is 60.1 Å². The van der Waals surface area contributed by atoms with Crippen LogP contribution in [0.3, 0.4) is 0 Å². The molecule has 2 rings (SSSR count). The van der Waals surface area contributed by atoms with Crippen molar-refractivity contribution in [3.63, 3.8) is 0 Å². The molecule has 1 aromatic carbocycles. The second-order valence-electron chi connectivity index (χ2n) is 3.76. The van der Waals surface area contributed by atoms with Crippen molar-refractivity contribution in [1.29, 1.82) is 0 Å². The number of hydrogen-bond donors (Lipinski definition) is 1. The Hall–Kier alpha value is -1.75. The fourth-order valence-electron chi connectivity index (χ4n) is 1.31. The monoisotopic (exact) mass is 237 g/mol. The van der Waals surface area contributed by atoms with E-state index in [-0.39, 0.29) is 18.9 Å². The van der Waals surface area contributed by atoms with Gasteiger partial charge in [-0.05, 0) is 19.1 Å². The van der Waals surface area contributed by atoms with Gasteiger partial charge in [0.05, 0.1) is 6.10 Å². The van der Waals surface area contributed by atoms with Gasteiger partial charge in [-0.2, -0.15) is 0 Å². The molecule has 0 radical (unpaired) electrons. The first-order valence-electron chi connectivity index (χ1n) is 5.49. The molecule has 1 aliphatic heterocycles. The first-order valence-corrected chi connectivity index (χ1v) is 5.49. The van der Waals surface area contributed by atoms with Crippen LogP contribution in [0.5, 0.6) is 5.75 Å². The largest absolute Gasteiger partial charge is 0.473 e. The highest BCUT2D eigenvalue weighted by atomic mass is 16.6. The number of alkyl carbamates (subject to hydrolysis) is 1. The summed E-state index contributed by atoms with van der Waals surface area (Å²) in [6, 6.07) is 9.24. The smallest absolute Gasteiger partial charge is 0.409 e. The van der Waals surface area contributed by atoms with Crippen LogP contribution in [-0.2, 0) is 9.47 Å². The molecule has 0 aliphatic carbocycles. The van der Waals surface area contributed by atoms with E-state index in [1.165, 1.54) is 0 Å². The second-order valence-corrected chi connectivity index (χ2v) is 3.76. The highest BCUT2D eigenvalue weighted by molar-refractivity contribution is 5.66. The van der Waals surface area contributed by atoms with Gasteiger partial charge in [-0.3, -0.25) is 5.32 Å². The number of benzene rings is 1. The van der Waals surface area contributed by atoms with Crippen LogP contribution >= 0.6 is 0 Å². The maximum absolute atomic E-state index is 11.2. The van der Waals surface area contributed by atoms with Crippen molar-refractivity contribution >= 4 is 6.09 Å². The van der Waals surface area contributed by atoms with E-state index in [9.17, 15) is 4.79 Å². The van der Waals surface area contributed by atoms with Crippen LogP contribution in [0.2, 0.25) is 0 Å². The molecule has 0 saturated carbocycles. The van der Waals surface area contributed by atoms with Crippen LogP contribution in [-0.4, -0.2) is 31.6 Å². The SMILES string of the molecule is C[C@H]1O[C@@H]1COC(=O)NCOc1ccccc1. The average molecular weight is 237 g/mol. The summed E-state index contributed by atoms with van der Waals surface area (Å²) in [7, 11) is 0. The summed E-state index contributed by atoms with van der Waals surface area (Å²) in [5, 5.41) is 2.49. The molecule has 1 aromatic rings. The van der Waals surface area contributed by atoms with E-state index in [0.29, 0.717) is 12.4 Å². The Kier molecular flexibility index (Phi) is 3.82. The summed E-state index contributed by atoms with van der Waals surface area (Å²) in [6.45, 7) is 2.31. The van der Waals surface area contributed by atoms with Crippen LogP contribution in [0.25, 0.3) is 0 Å². The lowest BCUT2D eigenvalue weighted by Crippen LogP contribution is -2.29. The van der Waals surface area contributed by atoms with Gasteiger partial charge >= 0.3 is 6.09 Å². The number of para-hydroxylation sites is 1. The van der Waals surface area contributed by atoms with Crippen molar-refractivity contribution in [2.24, 2.45) is 0 Å². The van der Waals surface area contributed by atoms with E-state index in [0.717, 1.165) is 0 Å². The Balaban J connectivity index is 1.57. The van der Waals surface area contributed by atoms with Crippen molar-refractivity contribution in [3.8, 4) is 5.75 Å². The first-order chi connectivity index (χ1) is 8.25. The maximum Gasteiger partial charge on any atom is 0.409 e. The quantitative estimate of drug-likeness (QED) is 0.623. The Morgan fingerprint density at radius 3 is 2.76 bits per heavy atom. The van der Waals surface area contributed by atoms with E-state index in [1.807, 2.05) is 37.3 Å². The Morgan fingerprint density at radius 1 is 1.41 bits per heavy atom. The van der Waals surface area contributed by atoms with Crippen molar-refractivity contribution in [3.05, 3.63) is 30.3 Å². The Labute approximate surface area is 99.7 Å². The molecule has 1 N–H and O–H groups in total. The van der Waals surface area contributed by atoms with Gasteiger partial charge in [0.1, 0.15) is 18.5 Å². The summed E-state index contributed by atoms with van der Waals surface area (Å²) in [4.78, 5) is 11.2. The van der Waals surface area contributed by atoms with Gasteiger partial charge in [-0.15, -0.1) is 0 Å². The van der Waals surface area contributed by atoms with E-state index in [2.05, 4.69) is 5.32 Å². The van der Waals surface area contributed by atoms with Crippen LogP contribution in [0.1, 0.15) is 6.92 Å². The zero-order valence-electron chi connectivity index (χ0n) is 9.59. The van der Waals surface area contributed by atoms with Gasteiger partial charge in [0.15, 0.2) is 6.73 Å². The van der Waals surface area contributed by atoms with Gasteiger partial charge in [-0.1, -0.05) is 18.2 Å². The van der Waals surface area contributed by atoms with Gasteiger partial charge in [-0.25, -0.2) is 4.79 Å². The van der Waals surface area contributed by atoms with Crippen molar-refractivity contribution in [1.82, 2.24) is 5.32 Å². The molecule has 5 nitrogen and oxygen atoms in total. The molecule has 17 heavy (non-hydrogen) atoms. The maximum atomic E-state index is 11.2. The molecular weight excluding hydrogens is 222 g/mol. The Morgan fingerprint density at radius 2 is 2.12 bits per heavy atom. The summed E-state index contributed by atoms with van der Waals surface area (Å²) >= 11 is 0. The van der Waals surface area contributed by atoms with Crippen LogP contribution < -0.4 is 10.1 Å². The molecule has 0 bridgehead atoms. The highest BCUT2D eigenvalue weighted by Crippen LogP contribution is 2.20. The normalized spacial score (nSPS) is 21.7. The summed E-state index contributed by atoms with van der Waals surface area (Å²) in [6.07, 6.45) is -0.247. The number of hydrogen-bond acceptors (Lipinski definition) is 4. The summed E-state index contributed by atoms with van der Waals surface area (Å²) in [5.41, 5.74) is 0. The molecule has 1 saturated heterocycles. The van der Waals surface area contributed by atoms with Gasteiger partial charge in [0.2, 0.25) is 0 Å². The number of carbonyl (C=O) groups is 1. The third-order valence-corrected chi connectivity index (χ3v) is 2.41. The zero-order valence-corrected chi connectivity index (χ0v) is 9.59. The van der Waals surface area contributed by atoms with E-state index in [1.54, 1.807) is 0 Å². The van der Waals surface area contributed by atoms with Gasteiger partial charge in [0, 0.05) is 0 Å². The molecule has 1 fully saturated rings. The third-order valence-electron chi connectivity index (χ3n) is 2.41. The van der Waals surface area contributed by atoms with Crippen molar-refractivity contribution < 1.29 is 19.0 Å². The van der Waals surface area contributed by atoms with Crippen molar-refractivity contribution in [2.45, 2.75) is 19.1 Å². The lowest BCUT2D eigenvalue weighted by molar-refractivity contribution is 0.127. The van der Waals surface area contributed by atoms with Crippen molar-refractivity contribution in [2.75, 3.05) is 13.3 Å². The number of epoxide rings is 1. The van der Waals surface area contributed by atoms with Gasteiger partial charge < -0.3 is 14.2 Å². The fourth-order valence-corrected chi connectivity index (χ4v) is 1.31. The number of amides is 1. The molecule has 92 valence electrons. The first kappa shape index (κ1) is 11.7. The third kappa shape index (κ3) is 3.96. The van der Waals surface area contributed by atoms with Gasteiger partial charge in [0.25, 0.3) is 0 Å². The van der Waals surface area contributed by atoms with E-state index in [4.69, 9.17) is 14.2 Å². The fraction of sp³-hybridized carbons (Fsp3) is 0.417. The van der Waals surface area contributed by atoms with Crippen LogP contribution in [0, 0.1) is 0 Å². The molecule has 2 atom stereocenters. The minimum Gasteiger partial charge on any atom is -0.473 e. The summed E-state index contributed by atoms with van der Waals surface area (Å²) in [5.74, 6) is 0.701. The number of nitrogens with one attached hydrogen (secondary N) is 1. The molecule has 0 unspecified atom stereocenters. The number of rotatable bonds is 5. The minimum absolute atomic E-state index is 0.0517. The number of carbonyl (C=O) groups excluding carboxylic acids is 1. The second kappa shape index (κ2) is 5.54. The van der Waals surface area contributed by atoms with Crippen LogP contribution in [0.15, 0.2) is 30.3 Å². The standard InChI is InChI=1S/C12H15NO4/c1-9-11(17-9)7-15-12(14)13-8-16-10-5-3-2-4-6-10/h2-6,9,11H,7-8H2,1H3,(H,13,14)/t9-,11-/m1/s1. The lowest BCUT2D eigenvalue weighted by atomic mass is 10.3. The molecule has 1 amide bonds. The zero-order chi connectivity index (χ0) is 12.1. The lowest BCUT2D eigenvalue weighted by Gasteiger charge is -2.07. The molecule has 0 aromatic heterocycles. The molecule has 1 heterocycles. The van der Waals surface area contributed by atoms with Crippen LogP contribution in [0.4, 0.5) is 4.79 Å². The molecule has 0 spiro atoms. The molecule has 1 aliphatic rings. The van der Waals surface area contributed by atoms with E-state index < -0.39 is 6.09 Å². The Bertz CT molecular complexity index is 368. The number of ether oxygens (including phenoxy) is 3. The minimum atomic E-state index is -0.497. The molecular formula is C12H15NO4. The molecule has 5 heteroatoms. The predicted molar refractivity (Wildman–Crippen MR) is 60.8 cm³/mol. The van der Waals surface area contributed by atoms with E-state index >= 15 is 0 Å².